The van der Waals surface area contributed by atoms with Crippen molar-refractivity contribution >= 4 is 23.4 Å². The second kappa shape index (κ2) is 6.47. The average Bonchev–Trinajstić information content (AvgIpc) is 2.39. The summed E-state index contributed by atoms with van der Waals surface area (Å²) in [4.78, 5) is 1.31. The Bertz CT molecular complexity index is 581. The van der Waals surface area contributed by atoms with Crippen LogP contribution in [0.2, 0.25) is 5.02 Å². The van der Waals surface area contributed by atoms with Crippen molar-refractivity contribution in [2.24, 2.45) is 5.73 Å². The molecule has 0 unspecified atom stereocenters. The van der Waals surface area contributed by atoms with Crippen LogP contribution in [0.4, 0.5) is 0 Å². The highest BCUT2D eigenvalue weighted by Gasteiger charge is 2.04. The zero-order chi connectivity index (χ0) is 13.8. The molecule has 2 aromatic rings. The van der Waals surface area contributed by atoms with Gasteiger partial charge in [0.05, 0.1) is 0 Å². The number of nitrogens with two attached hydrogens (primary N) is 1. The van der Waals surface area contributed by atoms with Crippen molar-refractivity contribution in [3.63, 3.8) is 0 Å². The molecule has 2 rings (SSSR count). The van der Waals surface area contributed by atoms with Crippen molar-refractivity contribution in [3.05, 3.63) is 63.7 Å². The lowest BCUT2D eigenvalue weighted by Gasteiger charge is -2.09. The number of rotatable bonds is 4. The molecule has 0 aliphatic heterocycles. The first-order chi connectivity index (χ1) is 9.10. The molecule has 0 amide bonds. The highest BCUT2D eigenvalue weighted by Crippen LogP contribution is 2.29. The molecular weight excluding hydrogens is 274 g/mol. The van der Waals surface area contributed by atoms with Gasteiger partial charge in [0.15, 0.2) is 0 Å². The van der Waals surface area contributed by atoms with Crippen molar-refractivity contribution < 1.29 is 0 Å². The Labute approximate surface area is 124 Å². The van der Waals surface area contributed by atoms with Crippen LogP contribution in [-0.4, -0.2) is 0 Å². The van der Waals surface area contributed by atoms with Crippen molar-refractivity contribution in [1.82, 2.24) is 0 Å². The summed E-state index contributed by atoms with van der Waals surface area (Å²) in [7, 11) is 0. The molecule has 0 atom stereocenters. The summed E-state index contributed by atoms with van der Waals surface area (Å²) in [6.07, 6.45) is 0. The Balaban J connectivity index is 2.10. The van der Waals surface area contributed by atoms with Crippen LogP contribution in [0.15, 0.2) is 41.3 Å². The van der Waals surface area contributed by atoms with Crippen molar-refractivity contribution in [2.45, 2.75) is 31.0 Å². The molecule has 0 aromatic heterocycles. The topological polar surface area (TPSA) is 26.0 Å². The molecule has 0 fully saturated rings. The van der Waals surface area contributed by atoms with E-state index in [4.69, 9.17) is 17.3 Å². The Morgan fingerprint density at radius 3 is 2.53 bits per heavy atom. The summed E-state index contributed by atoms with van der Waals surface area (Å²) < 4.78 is 0. The van der Waals surface area contributed by atoms with Gasteiger partial charge in [-0.15, -0.1) is 11.8 Å². The van der Waals surface area contributed by atoms with Crippen LogP contribution in [0.5, 0.6) is 0 Å². The molecule has 2 aromatic carbocycles. The lowest BCUT2D eigenvalue weighted by Crippen LogP contribution is -1.96. The van der Waals surface area contributed by atoms with Crippen LogP contribution in [0.25, 0.3) is 0 Å². The van der Waals surface area contributed by atoms with Gasteiger partial charge in [-0.3, -0.25) is 0 Å². The molecule has 0 saturated heterocycles. The highest BCUT2D eigenvalue weighted by molar-refractivity contribution is 7.98. The van der Waals surface area contributed by atoms with E-state index >= 15 is 0 Å². The Hall–Kier alpha value is -0.960. The van der Waals surface area contributed by atoms with E-state index in [1.807, 2.05) is 23.9 Å². The quantitative estimate of drug-likeness (QED) is 0.826. The van der Waals surface area contributed by atoms with Crippen LogP contribution in [0, 0.1) is 13.8 Å². The van der Waals surface area contributed by atoms with Crippen LogP contribution in [-0.2, 0) is 12.3 Å². The predicted molar refractivity (Wildman–Crippen MR) is 84.8 cm³/mol. The van der Waals surface area contributed by atoms with E-state index in [-0.39, 0.29) is 0 Å². The largest absolute Gasteiger partial charge is 0.326 e. The number of halogens is 1. The first kappa shape index (κ1) is 14.4. The molecule has 0 heterocycles. The number of hydrogen-bond donors (Lipinski definition) is 1. The first-order valence-electron chi connectivity index (χ1n) is 6.27. The highest BCUT2D eigenvalue weighted by atomic mass is 35.5. The summed E-state index contributed by atoms with van der Waals surface area (Å²) in [5.41, 5.74) is 10.5. The molecule has 0 spiro atoms. The van der Waals surface area contributed by atoms with Gasteiger partial charge in [0.1, 0.15) is 0 Å². The lowest BCUT2D eigenvalue weighted by atomic mass is 10.1. The van der Waals surface area contributed by atoms with Crippen LogP contribution in [0.3, 0.4) is 0 Å². The van der Waals surface area contributed by atoms with Gasteiger partial charge in [0, 0.05) is 22.2 Å². The molecule has 3 heteroatoms. The summed E-state index contributed by atoms with van der Waals surface area (Å²) in [6, 6.07) is 12.6. The molecule has 0 bridgehead atoms. The molecule has 0 radical (unpaired) electrons. The minimum absolute atomic E-state index is 0.532. The Morgan fingerprint density at radius 2 is 1.89 bits per heavy atom. The Morgan fingerprint density at radius 1 is 1.11 bits per heavy atom. The van der Waals surface area contributed by atoms with Gasteiger partial charge in [-0.05, 0) is 42.7 Å². The minimum atomic E-state index is 0.532. The third-order valence-electron chi connectivity index (χ3n) is 3.07. The summed E-state index contributed by atoms with van der Waals surface area (Å²) >= 11 is 8.09. The normalized spacial score (nSPS) is 10.7. The fraction of sp³-hybridized carbons (Fsp3) is 0.250. The van der Waals surface area contributed by atoms with Crippen LogP contribution in [0.1, 0.15) is 22.3 Å². The third kappa shape index (κ3) is 3.75. The standard InChI is InChI=1S/C16H18ClNS/c1-11-3-6-16(12(2)7-11)19-10-14-5-4-13(9-18)8-15(14)17/h3-8H,9-10,18H2,1-2H3. The van der Waals surface area contributed by atoms with Gasteiger partial charge in [0.2, 0.25) is 0 Å². The van der Waals surface area contributed by atoms with Gasteiger partial charge < -0.3 is 5.73 Å². The SMILES string of the molecule is Cc1ccc(SCc2ccc(CN)cc2Cl)c(C)c1. The molecule has 0 aliphatic rings. The fourth-order valence-electron chi connectivity index (χ4n) is 1.95. The molecule has 0 saturated carbocycles. The summed E-state index contributed by atoms with van der Waals surface area (Å²) in [6.45, 7) is 4.79. The predicted octanol–water partition coefficient (Wildman–Crippen LogP) is 4.71. The van der Waals surface area contributed by atoms with Gasteiger partial charge >= 0.3 is 0 Å². The van der Waals surface area contributed by atoms with E-state index in [1.54, 1.807) is 0 Å². The average molecular weight is 292 g/mol. The number of aryl methyl sites for hydroxylation is 2. The van der Waals surface area contributed by atoms with E-state index in [2.05, 4.69) is 38.1 Å². The minimum Gasteiger partial charge on any atom is -0.326 e. The van der Waals surface area contributed by atoms with Crippen LogP contribution >= 0.6 is 23.4 Å². The number of benzene rings is 2. The maximum absolute atomic E-state index is 6.27. The zero-order valence-electron chi connectivity index (χ0n) is 11.2. The first-order valence-corrected chi connectivity index (χ1v) is 7.64. The van der Waals surface area contributed by atoms with Gasteiger partial charge in [-0.2, -0.15) is 0 Å². The lowest BCUT2D eigenvalue weighted by molar-refractivity contribution is 1.07. The molecule has 1 nitrogen and oxygen atoms in total. The van der Waals surface area contributed by atoms with Crippen molar-refractivity contribution in [3.8, 4) is 0 Å². The van der Waals surface area contributed by atoms with E-state index in [0.717, 1.165) is 21.9 Å². The third-order valence-corrected chi connectivity index (χ3v) is 4.64. The summed E-state index contributed by atoms with van der Waals surface area (Å²) in [5, 5.41) is 0.806. The van der Waals surface area contributed by atoms with Crippen molar-refractivity contribution in [1.29, 1.82) is 0 Å². The summed E-state index contributed by atoms with van der Waals surface area (Å²) in [5.74, 6) is 0.883. The van der Waals surface area contributed by atoms with Crippen LogP contribution < -0.4 is 5.73 Å². The van der Waals surface area contributed by atoms with E-state index in [1.165, 1.54) is 16.0 Å². The second-order valence-electron chi connectivity index (χ2n) is 4.69. The molecule has 0 aliphatic carbocycles. The van der Waals surface area contributed by atoms with E-state index < -0.39 is 0 Å². The second-order valence-corrected chi connectivity index (χ2v) is 6.11. The van der Waals surface area contributed by atoms with Crippen molar-refractivity contribution in [2.75, 3.05) is 0 Å². The fourth-order valence-corrected chi connectivity index (χ4v) is 3.31. The molecular formula is C16H18ClNS. The van der Waals surface area contributed by atoms with Gasteiger partial charge in [0.25, 0.3) is 0 Å². The molecule has 2 N–H and O–H groups in total. The number of hydrogen-bond acceptors (Lipinski definition) is 2. The maximum atomic E-state index is 6.27. The van der Waals surface area contributed by atoms with E-state index in [9.17, 15) is 0 Å². The monoisotopic (exact) mass is 291 g/mol. The zero-order valence-corrected chi connectivity index (χ0v) is 12.8. The van der Waals surface area contributed by atoms with E-state index in [0.29, 0.717) is 6.54 Å². The van der Waals surface area contributed by atoms with Gasteiger partial charge in [-0.25, -0.2) is 0 Å². The maximum Gasteiger partial charge on any atom is 0.0449 e. The molecule has 19 heavy (non-hydrogen) atoms. The number of thioether (sulfide) groups is 1. The van der Waals surface area contributed by atoms with Gasteiger partial charge in [-0.1, -0.05) is 41.4 Å². The Kier molecular flexibility index (Phi) is 4.92. The molecule has 100 valence electrons. The smallest absolute Gasteiger partial charge is 0.0449 e.